The second kappa shape index (κ2) is 10.2. The lowest BCUT2D eigenvalue weighted by molar-refractivity contribution is 0.143. The maximum atomic E-state index is 5.35. The third kappa shape index (κ3) is 5.41. The molecule has 1 atom stereocenters. The van der Waals surface area contributed by atoms with E-state index in [1.165, 1.54) is 11.3 Å². The first-order valence-electron chi connectivity index (χ1n) is 9.13. The van der Waals surface area contributed by atoms with Gasteiger partial charge in [0.2, 0.25) is 0 Å². The number of anilines is 1. The van der Waals surface area contributed by atoms with Crippen molar-refractivity contribution in [3.8, 4) is 0 Å². The first-order valence-corrected chi connectivity index (χ1v) is 9.13. The summed E-state index contributed by atoms with van der Waals surface area (Å²) in [5, 5.41) is 6.78. The molecule has 5 heteroatoms. The number of fused-ring (bicyclic) bond motifs is 1. The van der Waals surface area contributed by atoms with Gasteiger partial charge in [-0.25, -0.2) is 0 Å². The van der Waals surface area contributed by atoms with Crippen LogP contribution in [0, 0.1) is 0 Å². The number of benzene rings is 1. The number of para-hydroxylation sites is 1. The molecule has 0 saturated heterocycles. The van der Waals surface area contributed by atoms with E-state index in [0.717, 1.165) is 58.1 Å². The summed E-state index contributed by atoms with van der Waals surface area (Å²) in [6.45, 7) is 8.77. The summed E-state index contributed by atoms with van der Waals surface area (Å²) in [4.78, 5) is 6.78. The van der Waals surface area contributed by atoms with Gasteiger partial charge in [-0.2, -0.15) is 0 Å². The fourth-order valence-corrected chi connectivity index (χ4v) is 3.17. The van der Waals surface area contributed by atoms with E-state index in [4.69, 9.17) is 4.74 Å². The Balaban J connectivity index is 1.67. The fraction of sp³-hybridized carbons (Fsp3) is 0.632. The zero-order valence-electron chi connectivity index (χ0n) is 15.3. The van der Waals surface area contributed by atoms with Crippen molar-refractivity contribution in [2.45, 2.75) is 39.2 Å². The molecule has 2 rings (SSSR count). The highest BCUT2D eigenvalue weighted by Crippen LogP contribution is 2.31. The highest BCUT2D eigenvalue weighted by atomic mass is 16.5. The van der Waals surface area contributed by atoms with Crippen LogP contribution in [-0.4, -0.2) is 51.9 Å². The Bertz CT molecular complexity index is 518. The van der Waals surface area contributed by atoms with Crippen molar-refractivity contribution in [2.75, 3.05) is 44.8 Å². The van der Waals surface area contributed by atoms with E-state index >= 15 is 0 Å². The monoisotopic (exact) mass is 332 g/mol. The van der Waals surface area contributed by atoms with Crippen molar-refractivity contribution in [1.82, 2.24) is 10.6 Å². The molecule has 0 saturated carbocycles. The van der Waals surface area contributed by atoms with Crippen LogP contribution < -0.4 is 15.5 Å². The van der Waals surface area contributed by atoms with E-state index in [9.17, 15) is 0 Å². The Kier molecular flexibility index (Phi) is 7.89. The van der Waals surface area contributed by atoms with Crippen LogP contribution in [0.4, 0.5) is 5.69 Å². The fourth-order valence-electron chi connectivity index (χ4n) is 3.17. The van der Waals surface area contributed by atoms with Gasteiger partial charge in [0.05, 0.1) is 0 Å². The highest BCUT2D eigenvalue weighted by molar-refractivity contribution is 5.79. The van der Waals surface area contributed by atoms with Gasteiger partial charge in [0.15, 0.2) is 5.96 Å². The molecule has 0 spiro atoms. The Hall–Kier alpha value is -1.75. The van der Waals surface area contributed by atoms with Crippen molar-refractivity contribution >= 4 is 11.6 Å². The molecule has 134 valence electrons. The predicted molar refractivity (Wildman–Crippen MR) is 102 cm³/mol. The minimum Gasteiger partial charge on any atom is -0.382 e. The van der Waals surface area contributed by atoms with Gasteiger partial charge < -0.3 is 20.3 Å². The lowest BCUT2D eigenvalue weighted by Gasteiger charge is -2.25. The van der Waals surface area contributed by atoms with Crippen LogP contribution in [-0.2, 0) is 11.2 Å². The molecule has 1 aromatic rings. The van der Waals surface area contributed by atoms with Crippen LogP contribution >= 0.6 is 0 Å². The number of aliphatic imine (C=N–C) groups is 1. The van der Waals surface area contributed by atoms with Gasteiger partial charge in [-0.05, 0) is 44.7 Å². The van der Waals surface area contributed by atoms with Crippen molar-refractivity contribution in [3.05, 3.63) is 29.8 Å². The summed E-state index contributed by atoms with van der Waals surface area (Å²) < 4.78 is 5.35. The van der Waals surface area contributed by atoms with E-state index in [-0.39, 0.29) is 0 Å². The van der Waals surface area contributed by atoms with Crippen LogP contribution in [0.2, 0.25) is 0 Å². The molecular formula is C19H32N4O. The molecule has 0 radical (unpaired) electrons. The summed E-state index contributed by atoms with van der Waals surface area (Å²) in [6.07, 6.45) is 3.32. The predicted octanol–water partition coefficient (Wildman–Crippen LogP) is 2.42. The molecule has 1 aliphatic heterocycles. The number of rotatable bonds is 9. The van der Waals surface area contributed by atoms with Crippen molar-refractivity contribution in [3.63, 3.8) is 0 Å². The summed E-state index contributed by atoms with van der Waals surface area (Å²) >= 11 is 0. The average Bonchev–Trinajstić information content (AvgIpc) is 2.92. The quantitative estimate of drug-likeness (QED) is 0.414. The van der Waals surface area contributed by atoms with Gasteiger partial charge >= 0.3 is 0 Å². The maximum absolute atomic E-state index is 5.35. The lowest BCUT2D eigenvalue weighted by atomic mass is 10.1. The van der Waals surface area contributed by atoms with E-state index < -0.39 is 0 Å². The minimum atomic E-state index is 0.567. The summed E-state index contributed by atoms with van der Waals surface area (Å²) in [5.41, 5.74) is 2.84. The van der Waals surface area contributed by atoms with Gasteiger partial charge in [-0.15, -0.1) is 0 Å². The molecule has 5 nitrogen and oxygen atoms in total. The number of ether oxygens (including phenoxy) is 1. The van der Waals surface area contributed by atoms with E-state index in [0.29, 0.717) is 6.04 Å². The molecule has 1 unspecified atom stereocenters. The van der Waals surface area contributed by atoms with Crippen LogP contribution in [0.15, 0.2) is 29.3 Å². The van der Waals surface area contributed by atoms with Crippen molar-refractivity contribution in [1.29, 1.82) is 0 Å². The normalized spacial score (nSPS) is 17.0. The summed E-state index contributed by atoms with van der Waals surface area (Å²) in [5.74, 6) is 0.881. The van der Waals surface area contributed by atoms with Crippen LogP contribution in [0.25, 0.3) is 0 Å². The first-order chi connectivity index (χ1) is 11.8. The number of hydrogen-bond donors (Lipinski definition) is 2. The van der Waals surface area contributed by atoms with Crippen molar-refractivity contribution in [2.24, 2.45) is 4.99 Å². The standard InChI is InChI=1S/C19H32N4O/c1-4-24-14-8-7-11-21-19(20-3)22-12-13-23-16(2)15-17-9-5-6-10-18(17)23/h5-6,9-10,16H,4,7-8,11-15H2,1-3H3,(H2,20,21,22). The smallest absolute Gasteiger partial charge is 0.191 e. The molecule has 0 aromatic heterocycles. The number of guanidine groups is 1. The molecule has 1 aromatic carbocycles. The summed E-state index contributed by atoms with van der Waals surface area (Å²) in [7, 11) is 1.82. The molecule has 0 aliphatic carbocycles. The zero-order valence-corrected chi connectivity index (χ0v) is 15.3. The first kappa shape index (κ1) is 18.6. The average molecular weight is 332 g/mol. The highest BCUT2D eigenvalue weighted by Gasteiger charge is 2.24. The Morgan fingerprint density at radius 2 is 2.04 bits per heavy atom. The Labute approximate surface area is 146 Å². The SMILES string of the molecule is CCOCCCCNC(=NC)NCCN1c2ccccc2CC1C. The van der Waals surface area contributed by atoms with Gasteiger partial charge in [-0.1, -0.05) is 18.2 Å². The molecule has 24 heavy (non-hydrogen) atoms. The largest absolute Gasteiger partial charge is 0.382 e. The molecule has 1 aliphatic rings. The molecule has 2 N–H and O–H groups in total. The zero-order chi connectivity index (χ0) is 17.2. The number of nitrogens with one attached hydrogen (secondary N) is 2. The van der Waals surface area contributed by atoms with E-state index in [2.05, 4.69) is 51.7 Å². The van der Waals surface area contributed by atoms with Crippen LogP contribution in [0.3, 0.4) is 0 Å². The lowest BCUT2D eigenvalue weighted by Crippen LogP contribution is -2.43. The topological polar surface area (TPSA) is 48.9 Å². The van der Waals surface area contributed by atoms with E-state index in [1.807, 2.05) is 14.0 Å². The Morgan fingerprint density at radius 3 is 2.83 bits per heavy atom. The third-order valence-corrected chi connectivity index (χ3v) is 4.43. The van der Waals surface area contributed by atoms with Gasteiger partial charge in [0.1, 0.15) is 0 Å². The number of nitrogens with zero attached hydrogens (tertiary/aromatic N) is 2. The van der Waals surface area contributed by atoms with Crippen LogP contribution in [0.1, 0.15) is 32.3 Å². The van der Waals surface area contributed by atoms with Gasteiger partial charge in [0.25, 0.3) is 0 Å². The molecule has 0 fully saturated rings. The molecule has 0 amide bonds. The second-order valence-corrected chi connectivity index (χ2v) is 6.21. The van der Waals surface area contributed by atoms with E-state index in [1.54, 1.807) is 0 Å². The van der Waals surface area contributed by atoms with Crippen LogP contribution in [0.5, 0.6) is 0 Å². The van der Waals surface area contributed by atoms with Gasteiger partial charge in [-0.3, -0.25) is 4.99 Å². The molecule has 1 heterocycles. The number of hydrogen-bond acceptors (Lipinski definition) is 3. The second-order valence-electron chi connectivity index (χ2n) is 6.21. The molecular weight excluding hydrogens is 300 g/mol. The summed E-state index contributed by atoms with van der Waals surface area (Å²) in [6, 6.07) is 9.29. The van der Waals surface area contributed by atoms with Crippen molar-refractivity contribution < 1.29 is 4.74 Å². The maximum Gasteiger partial charge on any atom is 0.191 e. The minimum absolute atomic E-state index is 0.567. The number of unbranched alkanes of at least 4 members (excludes halogenated alkanes) is 1. The molecule has 0 bridgehead atoms. The Morgan fingerprint density at radius 1 is 1.25 bits per heavy atom. The third-order valence-electron chi connectivity index (χ3n) is 4.43. The van der Waals surface area contributed by atoms with Gasteiger partial charge in [0, 0.05) is 51.6 Å².